The van der Waals surface area contributed by atoms with Crippen LogP contribution in [0, 0.1) is 0 Å². The highest BCUT2D eigenvalue weighted by molar-refractivity contribution is 7.03. The second-order valence-corrected chi connectivity index (χ2v) is 4.06. The summed E-state index contributed by atoms with van der Waals surface area (Å²) in [6.45, 7) is 0.634. The van der Waals surface area contributed by atoms with E-state index in [0.29, 0.717) is 30.1 Å². The lowest BCUT2D eigenvalue weighted by atomic mass is 10.5. The zero-order valence-corrected chi connectivity index (χ0v) is 8.70. The first kappa shape index (κ1) is 8.93. The van der Waals surface area contributed by atoms with Crippen LogP contribution in [0.5, 0.6) is 0 Å². The molecule has 3 rings (SSSR count). The van der Waals surface area contributed by atoms with Gasteiger partial charge in [0.25, 0.3) is 5.89 Å². The van der Waals surface area contributed by atoms with Crippen molar-refractivity contribution in [1.29, 1.82) is 0 Å². The van der Waals surface area contributed by atoms with Crippen LogP contribution in [-0.2, 0) is 6.54 Å². The van der Waals surface area contributed by atoms with Gasteiger partial charge < -0.3 is 9.73 Å². The molecule has 2 aromatic rings. The first-order valence-electron chi connectivity index (χ1n) is 4.75. The van der Waals surface area contributed by atoms with E-state index in [4.69, 9.17) is 4.42 Å². The molecule has 0 saturated heterocycles. The van der Waals surface area contributed by atoms with Crippen LogP contribution < -0.4 is 5.32 Å². The summed E-state index contributed by atoms with van der Waals surface area (Å²) in [6.07, 6.45) is 2.49. The van der Waals surface area contributed by atoms with Gasteiger partial charge in [0.1, 0.15) is 0 Å². The first-order valence-corrected chi connectivity index (χ1v) is 5.58. The van der Waals surface area contributed by atoms with Crippen molar-refractivity contribution in [3.63, 3.8) is 0 Å². The molecule has 1 saturated carbocycles. The average molecular weight is 223 g/mol. The molecule has 0 bridgehead atoms. The summed E-state index contributed by atoms with van der Waals surface area (Å²) >= 11 is 1.27. The Morgan fingerprint density at radius 3 is 3.07 bits per heavy atom. The third-order valence-corrected chi connectivity index (χ3v) is 2.67. The number of nitrogens with one attached hydrogen (secondary N) is 1. The minimum Gasteiger partial charge on any atom is -0.418 e. The number of aromatic nitrogens is 4. The molecule has 6 nitrogen and oxygen atoms in total. The normalized spacial score (nSPS) is 15.7. The highest BCUT2D eigenvalue weighted by Crippen LogP contribution is 2.20. The SMILES string of the molecule is c1snnc1-c1nnc(CNC2CC2)o1. The Hall–Kier alpha value is -1.34. The smallest absolute Gasteiger partial charge is 0.269 e. The van der Waals surface area contributed by atoms with Gasteiger partial charge in [0.2, 0.25) is 5.89 Å². The molecule has 0 spiro atoms. The predicted octanol–water partition coefficient (Wildman–Crippen LogP) is 0.840. The van der Waals surface area contributed by atoms with E-state index in [1.807, 2.05) is 0 Å². The quantitative estimate of drug-likeness (QED) is 0.827. The van der Waals surface area contributed by atoms with Gasteiger partial charge in [0.15, 0.2) is 5.69 Å². The fourth-order valence-corrected chi connectivity index (χ4v) is 1.64. The van der Waals surface area contributed by atoms with Crippen molar-refractivity contribution < 1.29 is 4.42 Å². The summed E-state index contributed by atoms with van der Waals surface area (Å²) in [5, 5.41) is 16.8. The zero-order chi connectivity index (χ0) is 10.1. The first-order chi connectivity index (χ1) is 7.42. The van der Waals surface area contributed by atoms with E-state index in [2.05, 4.69) is 25.1 Å². The van der Waals surface area contributed by atoms with E-state index >= 15 is 0 Å². The van der Waals surface area contributed by atoms with Crippen molar-refractivity contribution in [2.45, 2.75) is 25.4 Å². The summed E-state index contributed by atoms with van der Waals surface area (Å²) < 4.78 is 9.17. The molecule has 7 heteroatoms. The summed E-state index contributed by atoms with van der Waals surface area (Å²) in [6, 6.07) is 0.640. The summed E-state index contributed by atoms with van der Waals surface area (Å²) in [5.74, 6) is 1.04. The van der Waals surface area contributed by atoms with E-state index in [0.717, 1.165) is 0 Å². The molecule has 15 heavy (non-hydrogen) atoms. The third-order valence-electron chi connectivity index (χ3n) is 2.17. The Kier molecular flexibility index (Phi) is 2.18. The molecule has 78 valence electrons. The van der Waals surface area contributed by atoms with Crippen molar-refractivity contribution in [2.24, 2.45) is 0 Å². The fraction of sp³-hybridized carbons (Fsp3) is 0.500. The van der Waals surface area contributed by atoms with Crippen LogP contribution in [-0.4, -0.2) is 25.8 Å². The molecule has 1 aliphatic rings. The van der Waals surface area contributed by atoms with Crippen LogP contribution >= 0.6 is 11.5 Å². The topological polar surface area (TPSA) is 76.7 Å². The van der Waals surface area contributed by atoms with Gasteiger partial charge in [0, 0.05) is 11.4 Å². The van der Waals surface area contributed by atoms with Crippen molar-refractivity contribution in [2.75, 3.05) is 0 Å². The molecule has 2 heterocycles. The molecule has 1 fully saturated rings. The van der Waals surface area contributed by atoms with E-state index < -0.39 is 0 Å². The Bertz CT molecular complexity index is 436. The minimum atomic E-state index is 0.441. The number of nitrogens with zero attached hydrogens (tertiary/aromatic N) is 4. The van der Waals surface area contributed by atoms with Crippen LogP contribution in [0.3, 0.4) is 0 Å². The molecule has 0 radical (unpaired) electrons. The Labute approximate surface area is 89.9 Å². The molecular formula is C8H9N5OS. The van der Waals surface area contributed by atoms with Gasteiger partial charge in [-0.05, 0) is 24.4 Å². The van der Waals surface area contributed by atoms with Crippen LogP contribution in [0.1, 0.15) is 18.7 Å². The van der Waals surface area contributed by atoms with Gasteiger partial charge in [-0.2, -0.15) is 0 Å². The lowest BCUT2D eigenvalue weighted by molar-refractivity contribution is 0.475. The second kappa shape index (κ2) is 3.67. The average Bonchev–Trinajstić information content (AvgIpc) is 2.78. The number of hydrogen-bond acceptors (Lipinski definition) is 7. The van der Waals surface area contributed by atoms with Crippen LogP contribution in [0.15, 0.2) is 9.80 Å². The Morgan fingerprint density at radius 1 is 1.40 bits per heavy atom. The molecule has 0 amide bonds. The summed E-state index contributed by atoms with van der Waals surface area (Å²) in [4.78, 5) is 0. The molecule has 0 aliphatic heterocycles. The zero-order valence-electron chi connectivity index (χ0n) is 7.88. The van der Waals surface area contributed by atoms with Gasteiger partial charge in [-0.1, -0.05) is 4.49 Å². The summed E-state index contributed by atoms with van der Waals surface area (Å²) in [5.41, 5.74) is 0.644. The predicted molar refractivity (Wildman–Crippen MR) is 53.1 cm³/mol. The van der Waals surface area contributed by atoms with Gasteiger partial charge in [-0.25, -0.2) is 0 Å². The molecule has 1 N–H and O–H groups in total. The lowest BCUT2D eigenvalue weighted by Crippen LogP contribution is -2.15. The van der Waals surface area contributed by atoms with Gasteiger partial charge in [0.05, 0.1) is 6.54 Å². The highest BCUT2D eigenvalue weighted by atomic mass is 32.1. The number of hydrogen-bond donors (Lipinski definition) is 1. The molecule has 1 aliphatic carbocycles. The minimum absolute atomic E-state index is 0.441. The van der Waals surface area contributed by atoms with Crippen molar-refractivity contribution in [3.8, 4) is 11.6 Å². The van der Waals surface area contributed by atoms with Crippen LogP contribution in [0.4, 0.5) is 0 Å². The van der Waals surface area contributed by atoms with E-state index in [1.54, 1.807) is 5.38 Å². The largest absolute Gasteiger partial charge is 0.418 e. The molecule has 2 aromatic heterocycles. The molecule has 0 atom stereocenters. The molecule has 0 unspecified atom stereocenters. The van der Waals surface area contributed by atoms with Gasteiger partial charge in [-0.15, -0.1) is 15.3 Å². The molecular weight excluding hydrogens is 214 g/mol. The highest BCUT2D eigenvalue weighted by Gasteiger charge is 2.21. The van der Waals surface area contributed by atoms with E-state index in [9.17, 15) is 0 Å². The fourth-order valence-electron chi connectivity index (χ4n) is 1.21. The maximum Gasteiger partial charge on any atom is 0.269 e. The maximum atomic E-state index is 5.43. The Morgan fingerprint density at radius 2 is 2.33 bits per heavy atom. The maximum absolute atomic E-state index is 5.43. The standard InChI is InChI=1S/C8H9N5OS/c1-2-5(1)9-3-7-11-12-8(14-7)6-4-15-13-10-6/h4-5,9H,1-3H2. The third kappa shape index (κ3) is 2.02. The summed E-state index contributed by atoms with van der Waals surface area (Å²) in [7, 11) is 0. The van der Waals surface area contributed by atoms with Gasteiger partial charge >= 0.3 is 0 Å². The van der Waals surface area contributed by atoms with E-state index in [-0.39, 0.29) is 0 Å². The second-order valence-electron chi connectivity index (χ2n) is 3.45. The van der Waals surface area contributed by atoms with Crippen molar-refractivity contribution in [3.05, 3.63) is 11.3 Å². The van der Waals surface area contributed by atoms with Crippen LogP contribution in [0.2, 0.25) is 0 Å². The van der Waals surface area contributed by atoms with Crippen molar-refractivity contribution in [1.82, 2.24) is 25.1 Å². The Balaban J connectivity index is 1.69. The van der Waals surface area contributed by atoms with Crippen LogP contribution in [0.25, 0.3) is 11.6 Å². The van der Waals surface area contributed by atoms with Gasteiger partial charge in [-0.3, -0.25) is 0 Å². The van der Waals surface area contributed by atoms with Crippen molar-refractivity contribution >= 4 is 11.5 Å². The monoisotopic (exact) mass is 223 g/mol. The van der Waals surface area contributed by atoms with E-state index in [1.165, 1.54) is 24.4 Å². The molecule has 0 aromatic carbocycles. The number of rotatable bonds is 4. The lowest BCUT2D eigenvalue weighted by Gasteiger charge is -1.94.